The van der Waals surface area contributed by atoms with Gasteiger partial charge in [-0.3, -0.25) is 0 Å². The first-order valence-electron chi connectivity index (χ1n) is 9.67. The maximum atomic E-state index is 11.1. The zero-order valence-corrected chi connectivity index (χ0v) is 16.3. The number of carbonyl (C=O) groups is 1. The lowest BCUT2D eigenvalue weighted by Crippen LogP contribution is -2.55. The molecular weight excluding hydrogens is 356 g/mol. The molecule has 1 rings (SSSR count). The van der Waals surface area contributed by atoms with E-state index in [0.29, 0.717) is 19.3 Å². The summed E-state index contributed by atoms with van der Waals surface area (Å²) in [5.74, 6) is 0.156. The summed E-state index contributed by atoms with van der Waals surface area (Å²) >= 11 is 0. The molecule has 0 radical (unpaired) electrons. The molecule has 0 aromatic rings. The minimum Gasteiger partial charge on any atom is -0.465 e. The van der Waals surface area contributed by atoms with Crippen molar-refractivity contribution in [2.45, 2.75) is 89.1 Å². The Morgan fingerprint density at radius 1 is 1.04 bits per heavy atom. The van der Waals surface area contributed by atoms with Crippen LogP contribution in [0.1, 0.15) is 46.5 Å². The molecule has 160 valence electrons. The van der Waals surface area contributed by atoms with Crippen LogP contribution in [0.3, 0.4) is 0 Å². The topological polar surface area (TPSA) is 163 Å². The number of hydrogen-bond acceptors (Lipinski definition) is 7. The summed E-state index contributed by atoms with van der Waals surface area (Å²) in [4.78, 5) is 11.1. The maximum Gasteiger partial charge on any atom is 0.405 e. The van der Waals surface area contributed by atoms with Crippen molar-refractivity contribution < 1.29 is 35.4 Å². The Balaban J connectivity index is 2.69. The van der Waals surface area contributed by atoms with Crippen LogP contribution in [-0.4, -0.2) is 85.9 Å². The van der Waals surface area contributed by atoms with Gasteiger partial charge in [0.15, 0.2) is 0 Å². The predicted molar refractivity (Wildman–Crippen MR) is 99.2 cm³/mol. The zero-order valence-electron chi connectivity index (χ0n) is 16.3. The molecule has 9 heteroatoms. The standard InChI is InChI=1S/C18H36N2O7/c1-9(2)10(3)14(22)7-15(23)12(20-18(26)27)8-19-11-5-4-6-13(21)17(25)16(11)24/h9-17,19-25H,4-8H2,1-3H3,(H,26,27). The molecule has 8 atom stereocenters. The van der Waals surface area contributed by atoms with Gasteiger partial charge < -0.3 is 41.3 Å². The SMILES string of the molecule is CC(C)C(C)C(O)CC(O)C(CNC1CCCC(O)C(O)C1O)NC(=O)O. The van der Waals surface area contributed by atoms with Crippen LogP contribution in [-0.2, 0) is 0 Å². The Morgan fingerprint density at radius 3 is 2.22 bits per heavy atom. The number of amides is 1. The van der Waals surface area contributed by atoms with Gasteiger partial charge in [-0.25, -0.2) is 4.79 Å². The van der Waals surface area contributed by atoms with Crippen molar-refractivity contribution >= 4 is 6.09 Å². The first kappa shape index (κ1) is 24.1. The smallest absolute Gasteiger partial charge is 0.405 e. The summed E-state index contributed by atoms with van der Waals surface area (Å²) in [5.41, 5.74) is 0. The van der Waals surface area contributed by atoms with Crippen molar-refractivity contribution in [3.8, 4) is 0 Å². The highest BCUT2D eigenvalue weighted by Gasteiger charge is 2.35. The van der Waals surface area contributed by atoms with E-state index in [-0.39, 0.29) is 24.8 Å². The molecule has 27 heavy (non-hydrogen) atoms. The van der Waals surface area contributed by atoms with Gasteiger partial charge >= 0.3 is 6.09 Å². The van der Waals surface area contributed by atoms with E-state index in [1.807, 2.05) is 20.8 Å². The Labute approximate surface area is 160 Å². The van der Waals surface area contributed by atoms with E-state index in [2.05, 4.69) is 10.6 Å². The summed E-state index contributed by atoms with van der Waals surface area (Å²) in [6.07, 6.45) is -5.21. The minimum absolute atomic E-state index is 0.0144. The van der Waals surface area contributed by atoms with Crippen LogP contribution in [0.2, 0.25) is 0 Å². The number of hydrogen-bond donors (Lipinski definition) is 8. The number of aliphatic hydroxyl groups excluding tert-OH is 5. The number of aliphatic hydroxyl groups is 5. The average molecular weight is 392 g/mol. The fourth-order valence-corrected chi connectivity index (χ4v) is 3.37. The largest absolute Gasteiger partial charge is 0.465 e. The molecule has 1 fully saturated rings. The third-order valence-electron chi connectivity index (χ3n) is 5.69. The van der Waals surface area contributed by atoms with Crippen molar-refractivity contribution in [3.63, 3.8) is 0 Å². The van der Waals surface area contributed by atoms with Gasteiger partial charge in [0.05, 0.1) is 30.5 Å². The highest BCUT2D eigenvalue weighted by atomic mass is 16.4. The van der Waals surface area contributed by atoms with Crippen LogP contribution in [0.4, 0.5) is 4.79 Å². The molecule has 1 saturated carbocycles. The summed E-state index contributed by atoms with van der Waals surface area (Å²) in [6, 6.07) is -1.43. The summed E-state index contributed by atoms with van der Waals surface area (Å²) < 4.78 is 0. The van der Waals surface area contributed by atoms with Crippen molar-refractivity contribution in [2.24, 2.45) is 11.8 Å². The van der Waals surface area contributed by atoms with E-state index in [0.717, 1.165) is 0 Å². The first-order valence-corrected chi connectivity index (χ1v) is 9.67. The molecule has 0 saturated heterocycles. The Hall–Kier alpha value is -0.970. The molecule has 0 aliphatic heterocycles. The third-order valence-corrected chi connectivity index (χ3v) is 5.69. The van der Waals surface area contributed by atoms with Gasteiger partial charge in [-0.2, -0.15) is 0 Å². The van der Waals surface area contributed by atoms with Gasteiger partial charge in [-0.05, 0) is 31.1 Å². The van der Waals surface area contributed by atoms with Crippen molar-refractivity contribution in [1.29, 1.82) is 0 Å². The maximum absolute atomic E-state index is 11.1. The second-order valence-electron chi connectivity index (χ2n) is 8.02. The third kappa shape index (κ3) is 7.52. The van der Waals surface area contributed by atoms with Gasteiger partial charge in [-0.1, -0.05) is 20.8 Å². The fourth-order valence-electron chi connectivity index (χ4n) is 3.37. The quantitative estimate of drug-likeness (QED) is 0.238. The average Bonchev–Trinajstić information content (AvgIpc) is 2.71. The lowest BCUT2D eigenvalue weighted by Gasteiger charge is -2.31. The predicted octanol–water partition coefficient (Wildman–Crippen LogP) is -0.749. The molecule has 9 nitrogen and oxygen atoms in total. The van der Waals surface area contributed by atoms with E-state index < -0.39 is 48.7 Å². The van der Waals surface area contributed by atoms with Crippen LogP contribution in [0.25, 0.3) is 0 Å². The zero-order chi connectivity index (χ0) is 20.7. The molecule has 1 aliphatic carbocycles. The van der Waals surface area contributed by atoms with Crippen LogP contribution in [0.5, 0.6) is 0 Å². The van der Waals surface area contributed by atoms with Crippen molar-refractivity contribution in [1.82, 2.24) is 10.6 Å². The van der Waals surface area contributed by atoms with Crippen LogP contribution < -0.4 is 10.6 Å². The molecule has 1 aliphatic rings. The molecule has 0 aromatic carbocycles. The Kier molecular flexibility index (Phi) is 9.92. The first-order chi connectivity index (χ1) is 12.5. The molecular formula is C18H36N2O7. The van der Waals surface area contributed by atoms with Gasteiger partial charge in [0.2, 0.25) is 0 Å². The second-order valence-corrected chi connectivity index (χ2v) is 8.02. The molecule has 0 heterocycles. The highest BCUT2D eigenvalue weighted by Crippen LogP contribution is 2.21. The molecule has 0 spiro atoms. The Bertz CT molecular complexity index is 451. The molecule has 0 bridgehead atoms. The molecule has 1 amide bonds. The number of nitrogens with one attached hydrogen (secondary N) is 2. The van der Waals surface area contributed by atoms with Crippen LogP contribution in [0, 0.1) is 11.8 Å². The van der Waals surface area contributed by atoms with Gasteiger partial charge in [0, 0.05) is 19.0 Å². The van der Waals surface area contributed by atoms with E-state index in [9.17, 15) is 30.3 Å². The van der Waals surface area contributed by atoms with Crippen LogP contribution in [0.15, 0.2) is 0 Å². The summed E-state index contributed by atoms with van der Waals surface area (Å²) in [5, 5.41) is 64.8. The Morgan fingerprint density at radius 2 is 1.67 bits per heavy atom. The van der Waals surface area contributed by atoms with Crippen molar-refractivity contribution in [3.05, 3.63) is 0 Å². The highest BCUT2D eigenvalue weighted by molar-refractivity contribution is 5.65. The van der Waals surface area contributed by atoms with Gasteiger partial charge in [0.1, 0.15) is 6.10 Å². The monoisotopic (exact) mass is 392 g/mol. The van der Waals surface area contributed by atoms with Crippen molar-refractivity contribution in [2.75, 3.05) is 6.54 Å². The van der Waals surface area contributed by atoms with Gasteiger partial charge in [0.25, 0.3) is 0 Å². The van der Waals surface area contributed by atoms with Gasteiger partial charge in [-0.15, -0.1) is 0 Å². The summed E-state index contributed by atoms with van der Waals surface area (Å²) in [7, 11) is 0. The lowest BCUT2D eigenvalue weighted by molar-refractivity contribution is -0.0652. The molecule has 8 N–H and O–H groups in total. The normalized spacial score (nSPS) is 31.0. The summed E-state index contributed by atoms with van der Waals surface area (Å²) in [6.45, 7) is 5.80. The molecule has 0 aromatic heterocycles. The lowest BCUT2D eigenvalue weighted by atomic mass is 9.88. The fraction of sp³-hybridized carbons (Fsp3) is 0.944. The van der Waals surface area contributed by atoms with E-state index in [4.69, 9.17) is 5.11 Å². The number of carboxylic acid groups (broad SMARTS) is 1. The molecule has 8 unspecified atom stereocenters. The minimum atomic E-state index is -1.30. The van der Waals surface area contributed by atoms with E-state index >= 15 is 0 Å². The van der Waals surface area contributed by atoms with E-state index in [1.165, 1.54) is 0 Å². The van der Waals surface area contributed by atoms with E-state index in [1.54, 1.807) is 0 Å². The second kappa shape index (κ2) is 11.1. The van der Waals surface area contributed by atoms with Crippen LogP contribution >= 0.6 is 0 Å². The number of rotatable bonds is 9.